The first-order chi connectivity index (χ1) is 7.34. The predicted molar refractivity (Wildman–Crippen MR) is 66.6 cm³/mol. The van der Waals surface area contributed by atoms with Gasteiger partial charge in [0.05, 0.1) is 0 Å². The number of carbonyl (C=O) groups excluding carboxylic acids is 1. The lowest BCUT2D eigenvalue weighted by atomic mass is 9.86. The second-order valence-corrected chi connectivity index (χ2v) is 4.98. The summed E-state index contributed by atoms with van der Waals surface area (Å²) >= 11 is 0. The van der Waals surface area contributed by atoms with E-state index in [1.165, 1.54) is 5.56 Å². The number of carbonyl (C=O) groups is 1. The van der Waals surface area contributed by atoms with Crippen LogP contribution in [0.4, 0.5) is 5.82 Å². The number of hydrogen-bond acceptors (Lipinski definition) is 2. The minimum atomic E-state index is -0.00425. The fourth-order valence-corrected chi connectivity index (χ4v) is 1.65. The van der Waals surface area contributed by atoms with Gasteiger partial charge in [0.1, 0.15) is 5.82 Å². The molecule has 0 saturated heterocycles. The molecule has 0 saturated carbocycles. The molecule has 0 radical (unpaired) electrons. The molecular formula is C13H20N2O. The molecule has 0 atom stereocenters. The zero-order chi connectivity index (χ0) is 12.3. The van der Waals surface area contributed by atoms with E-state index in [1.807, 2.05) is 26.0 Å². The molecule has 88 valence electrons. The van der Waals surface area contributed by atoms with Gasteiger partial charge in [-0.25, -0.2) is 4.98 Å². The standard InChI is InChI=1S/C13H20N2O/c1-6-12(16)15-11-8-7-10(9(2)14-11)13(3,4)5/h7-8H,6H2,1-5H3,(H,14,15,16). The number of anilines is 1. The maximum atomic E-state index is 11.2. The minimum Gasteiger partial charge on any atom is -0.311 e. The summed E-state index contributed by atoms with van der Waals surface area (Å²) in [4.78, 5) is 15.6. The van der Waals surface area contributed by atoms with Crippen LogP contribution in [0.25, 0.3) is 0 Å². The first-order valence-corrected chi connectivity index (χ1v) is 5.62. The Morgan fingerprint density at radius 1 is 1.38 bits per heavy atom. The highest BCUT2D eigenvalue weighted by molar-refractivity contribution is 5.89. The van der Waals surface area contributed by atoms with Crippen LogP contribution in [0.1, 0.15) is 45.4 Å². The number of nitrogens with one attached hydrogen (secondary N) is 1. The van der Waals surface area contributed by atoms with Gasteiger partial charge >= 0.3 is 0 Å². The number of aromatic nitrogens is 1. The summed E-state index contributed by atoms with van der Waals surface area (Å²) in [5, 5.41) is 2.76. The first kappa shape index (κ1) is 12.7. The van der Waals surface area contributed by atoms with E-state index >= 15 is 0 Å². The summed E-state index contributed by atoms with van der Waals surface area (Å²) in [5.74, 6) is 0.632. The minimum absolute atomic E-state index is 0.00425. The Morgan fingerprint density at radius 3 is 2.44 bits per heavy atom. The molecule has 1 rings (SSSR count). The number of nitrogens with zero attached hydrogens (tertiary/aromatic N) is 1. The molecule has 0 aliphatic rings. The Kier molecular flexibility index (Phi) is 3.68. The average Bonchev–Trinajstić information content (AvgIpc) is 2.15. The summed E-state index contributed by atoms with van der Waals surface area (Å²) in [6, 6.07) is 3.90. The molecule has 0 aliphatic heterocycles. The van der Waals surface area contributed by atoms with E-state index < -0.39 is 0 Å². The lowest BCUT2D eigenvalue weighted by Crippen LogP contribution is -2.16. The van der Waals surface area contributed by atoms with Crippen LogP contribution in [0, 0.1) is 6.92 Å². The van der Waals surface area contributed by atoms with E-state index in [0.29, 0.717) is 12.2 Å². The Bertz CT molecular complexity index is 391. The number of amides is 1. The molecule has 1 aromatic heterocycles. The molecule has 1 N–H and O–H groups in total. The van der Waals surface area contributed by atoms with Crippen molar-refractivity contribution in [3.63, 3.8) is 0 Å². The Morgan fingerprint density at radius 2 is 2.00 bits per heavy atom. The van der Waals surface area contributed by atoms with Gasteiger partial charge in [0.25, 0.3) is 0 Å². The van der Waals surface area contributed by atoms with Crippen molar-refractivity contribution >= 4 is 11.7 Å². The van der Waals surface area contributed by atoms with Crippen molar-refractivity contribution in [1.29, 1.82) is 0 Å². The number of hydrogen-bond donors (Lipinski definition) is 1. The highest BCUT2D eigenvalue weighted by Crippen LogP contribution is 2.25. The first-order valence-electron chi connectivity index (χ1n) is 5.62. The second kappa shape index (κ2) is 4.64. The molecule has 0 aliphatic carbocycles. The van der Waals surface area contributed by atoms with Crippen molar-refractivity contribution in [1.82, 2.24) is 4.98 Å². The summed E-state index contributed by atoms with van der Waals surface area (Å²) in [7, 11) is 0. The highest BCUT2D eigenvalue weighted by Gasteiger charge is 2.17. The van der Waals surface area contributed by atoms with Crippen molar-refractivity contribution in [3.05, 3.63) is 23.4 Å². The van der Waals surface area contributed by atoms with Crippen LogP contribution in [0.2, 0.25) is 0 Å². The topological polar surface area (TPSA) is 42.0 Å². The summed E-state index contributed by atoms with van der Waals surface area (Å²) < 4.78 is 0. The van der Waals surface area contributed by atoms with Gasteiger partial charge in [-0.3, -0.25) is 4.79 Å². The van der Waals surface area contributed by atoms with Crippen LogP contribution in [0.15, 0.2) is 12.1 Å². The lowest BCUT2D eigenvalue weighted by Gasteiger charge is -2.21. The van der Waals surface area contributed by atoms with Gasteiger partial charge in [0, 0.05) is 12.1 Å². The molecule has 1 amide bonds. The highest BCUT2D eigenvalue weighted by atomic mass is 16.1. The maximum absolute atomic E-state index is 11.2. The largest absolute Gasteiger partial charge is 0.311 e. The lowest BCUT2D eigenvalue weighted by molar-refractivity contribution is -0.115. The maximum Gasteiger partial charge on any atom is 0.225 e. The SMILES string of the molecule is CCC(=O)Nc1ccc(C(C)(C)C)c(C)n1. The van der Waals surface area contributed by atoms with E-state index in [1.54, 1.807) is 0 Å². The molecule has 0 aromatic carbocycles. The molecule has 0 spiro atoms. The molecule has 16 heavy (non-hydrogen) atoms. The molecular weight excluding hydrogens is 200 g/mol. The molecule has 0 bridgehead atoms. The van der Waals surface area contributed by atoms with Gasteiger partial charge in [0.15, 0.2) is 0 Å². The summed E-state index contributed by atoms with van der Waals surface area (Å²) in [6.45, 7) is 10.3. The normalized spacial score (nSPS) is 11.3. The van der Waals surface area contributed by atoms with Crippen LogP contribution in [0.5, 0.6) is 0 Å². The fourth-order valence-electron chi connectivity index (χ4n) is 1.65. The molecule has 3 nitrogen and oxygen atoms in total. The number of aryl methyl sites for hydroxylation is 1. The van der Waals surface area contributed by atoms with E-state index in [0.717, 1.165) is 5.69 Å². The average molecular weight is 220 g/mol. The third-order valence-corrected chi connectivity index (χ3v) is 2.48. The predicted octanol–water partition coefficient (Wildman–Crippen LogP) is 3.04. The fraction of sp³-hybridized carbons (Fsp3) is 0.538. The summed E-state index contributed by atoms with van der Waals surface area (Å²) in [6.07, 6.45) is 0.474. The number of pyridine rings is 1. The van der Waals surface area contributed by atoms with E-state index in [2.05, 4.69) is 31.1 Å². The van der Waals surface area contributed by atoms with Gasteiger partial charge in [-0.05, 0) is 24.0 Å². The van der Waals surface area contributed by atoms with Crippen molar-refractivity contribution < 1.29 is 4.79 Å². The van der Waals surface area contributed by atoms with Gasteiger partial charge in [0.2, 0.25) is 5.91 Å². The Labute approximate surface area is 97.3 Å². The van der Waals surface area contributed by atoms with Crippen molar-refractivity contribution in [3.8, 4) is 0 Å². The van der Waals surface area contributed by atoms with Crippen LogP contribution in [0.3, 0.4) is 0 Å². The second-order valence-electron chi connectivity index (χ2n) is 4.98. The zero-order valence-electron chi connectivity index (χ0n) is 10.7. The van der Waals surface area contributed by atoms with Gasteiger partial charge in [-0.2, -0.15) is 0 Å². The summed E-state index contributed by atoms with van der Waals surface area (Å²) in [5.41, 5.74) is 2.27. The molecule has 3 heteroatoms. The van der Waals surface area contributed by atoms with Gasteiger partial charge < -0.3 is 5.32 Å². The Hall–Kier alpha value is -1.38. The van der Waals surface area contributed by atoms with E-state index in [-0.39, 0.29) is 11.3 Å². The van der Waals surface area contributed by atoms with Crippen LogP contribution in [-0.4, -0.2) is 10.9 Å². The smallest absolute Gasteiger partial charge is 0.225 e. The van der Waals surface area contributed by atoms with Crippen molar-refractivity contribution in [2.75, 3.05) is 5.32 Å². The molecule has 1 aromatic rings. The zero-order valence-corrected chi connectivity index (χ0v) is 10.7. The third-order valence-electron chi connectivity index (χ3n) is 2.48. The molecule has 1 heterocycles. The third kappa shape index (κ3) is 3.05. The van der Waals surface area contributed by atoms with E-state index in [9.17, 15) is 4.79 Å². The van der Waals surface area contributed by atoms with Crippen molar-refractivity contribution in [2.45, 2.75) is 46.5 Å². The molecule has 0 fully saturated rings. The Balaban J connectivity index is 2.96. The van der Waals surface area contributed by atoms with Crippen LogP contribution >= 0.6 is 0 Å². The number of rotatable bonds is 2. The monoisotopic (exact) mass is 220 g/mol. The van der Waals surface area contributed by atoms with Gasteiger partial charge in [-0.1, -0.05) is 33.8 Å². The van der Waals surface area contributed by atoms with Crippen LogP contribution in [-0.2, 0) is 10.2 Å². The van der Waals surface area contributed by atoms with Gasteiger partial charge in [-0.15, -0.1) is 0 Å². The van der Waals surface area contributed by atoms with E-state index in [4.69, 9.17) is 0 Å². The van der Waals surface area contributed by atoms with Crippen molar-refractivity contribution in [2.24, 2.45) is 0 Å². The van der Waals surface area contributed by atoms with Crippen LogP contribution < -0.4 is 5.32 Å². The molecule has 0 unspecified atom stereocenters. The quantitative estimate of drug-likeness (QED) is 0.832.